The zero-order chi connectivity index (χ0) is 14.4. The highest BCUT2D eigenvalue weighted by atomic mass is 16.5. The van der Waals surface area contributed by atoms with Gasteiger partial charge in [0.05, 0.1) is 0 Å². The van der Waals surface area contributed by atoms with E-state index in [1.54, 1.807) is 17.0 Å². The molecule has 1 amide bonds. The van der Waals surface area contributed by atoms with E-state index >= 15 is 0 Å². The van der Waals surface area contributed by atoms with Gasteiger partial charge in [0.1, 0.15) is 5.75 Å². The van der Waals surface area contributed by atoms with Crippen molar-refractivity contribution in [1.29, 1.82) is 0 Å². The van der Waals surface area contributed by atoms with Crippen molar-refractivity contribution < 1.29 is 14.3 Å². The lowest BCUT2D eigenvalue weighted by atomic mass is 10.2. The van der Waals surface area contributed by atoms with Crippen LogP contribution in [0.4, 0.5) is 0 Å². The first-order chi connectivity index (χ1) is 8.93. The number of Topliss-reactive ketones (excluding diaryl/α,β-unsaturated/α-hetero) is 1. The summed E-state index contributed by atoms with van der Waals surface area (Å²) in [5.74, 6) is -0.420. The van der Waals surface area contributed by atoms with Crippen LogP contribution in [-0.2, 0) is 9.59 Å². The fraction of sp³-hybridized carbons (Fsp3) is 0.467. The van der Waals surface area contributed by atoms with E-state index in [-0.39, 0.29) is 18.7 Å². The highest BCUT2D eigenvalue weighted by Crippen LogP contribution is 2.10. The molecule has 1 aromatic carbocycles. The van der Waals surface area contributed by atoms with Gasteiger partial charge in [0.15, 0.2) is 6.61 Å². The lowest BCUT2D eigenvalue weighted by molar-refractivity contribution is -0.148. The molecule has 0 saturated heterocycles. The van der Waals surface area contributed by atoms with Crippen molar-refractivity contribution in [2.75, 3.05) is 6.61 Å². The minimum atomic E-state index is -0.522. The van der Waals surface area contributed by atoms with E-state index in [0.29, 0.717) is 5.75 Å². The van der Waals surface area contributed by atoms with Crippen molar-refractivity contribution in [1.82, 2.24) is 4.90 Å². The topological polar surface area (TPSA) is 46.6 Å². The minimum absolute atomic E-state index is 0.00632. The molecule has 1 aromatic rings. The number of carbonyl (C=O) groups is 2. The van der Waals surface area contributed by atoms with Gasteiger partial charge in [-0.15, -0.1) is 0 Å². The third-order valence-corrected chi connectivity index (χ3v) is 2.70. The lowest BCUT2D eigenvalue weighted by Gasteiger charge is -2.29. The average molecular weight is 263 g/mol. The fourth-order valence-electron chi connectivity index (χ4n) is 1.94. The number of amides is 1. The molecule has 0 saturated carbocycles. The van der Waals surface area contributed by atoms with Crippen LogP contribution in [0.5, 0.6) is 5.75 Å². The lowest BCUT2D eigenvalue weighted by Crippen LogP contribution is -2.46. The number of para-hydroxylation sites is 1. The van der Waals surface area contributed by atoms with Gasteiger partial charge in [-0.2, -0.15) is 0 Å². The summed E-state index contributed by atoms with van der Waals surface area (Å²) in [6.07, 6.45) is 0. The van der Waals surface area contributed by atoms with E-state index in [2.05, 4.69) is 0 Å². The highest BCUT2D eigenvalue weighted by Gasteiger charge is 2.26. The molecule has 0 bridgehead atoms. The zero-order valence-electron chi connectivity index (χ0n) is 11.9. The standard InChI is InChI=1S/C15H21NO3/c1-11(2)16(12(3)4)15(18)14(17)10-19-13-8-6-5-7-9-13/h5-9,11-12H,10H2,1-4H3. The Balaban J connectivity index is 2.60. The number of rotatable bonds is 6. The van der Waals surface area contributed by atoms with Gasteiger partial charge in [-0.05, 0) is 39.8 Å². The summed E-state index contributed by atoms with van der Waals surface area (Å²) in [6, 6.07) is 8.98. The Kier molecular flexibility index (Phi) is 5.55. The maximum Gasteiger partial charge on any atom is 0.294 e. The monoisotopic (exact) mass is 263 g/mol. The second-order valence-electron chi connectivity index (χ2n) is 4.92. The van der Waals surface area contributed by atoms with Crippen molar-refractivity contribution in [3.8, 4) is 5.75 Å². The summed E-state index contributed by atoms with van der Waals surface area (Å²) in [7, 11) is 0. The fourth-order valence-corrected chi connectivity index (χ4v) is 1.94. The van der Waals surface area contributed by atoms with Crippen LogP contribution in [-0.4, -0.2) is 35.3 Å². The van der Waals surface area contributed by atoms with E-state index < -0.39 is 11.7 Å². The predicted octanol–water partition coefficient (Wildman–Crippen LogP) is 2.28. The van der Waals surface area contributed by atoms with Gasteiger partial charge in [0.2, 0.25) is 0 Å². The van der Waals surface area contributed by atoms with Gasteiger partial charge in [-0.3, -0.25) is 9.59 Å². The first-order valence-electron chi connectivity index (χ1n) is 6.46. The van der Waals surface area contributed by atoms with Crippen LogP contribution in [0.2, 0.25) is 0 Å². The van der Waals surface area contributed by atoms with E-state index in [4.69, 9.17) is 4.74 Å². The normalized spacial score (nSPS) is 10.6. The number of ketones is 1. The Morgan fingerprint density at radius 2 is 1.58 bits per heavy atom. The minimum Gasteiger partial charge on any atom is -0.485 e. The first kappa shape index (κ1) is 15.2. The number of carbonyl (C=O) groups excluding carboxylic acids is 2. The molecule has 4 nitrogen and oxygen atoms in total. The van der Waals surface area contributed by atoms with Crippen molar-refractivity contribution in [3.05, 3.63) is 30.3 Å². The summed E-state index contributed by atoms with van der Waals surface area (Å²) >= 11 is 0. The molecule has 0 fully saturated rings. The van der Waals surface area contributed by atoms with E-state index in [0.717, 1.165) is 0 Å². The van der Waals surface area contributed by atoms with E-state index in [1.165, 1.54) is 0 Å². The Hall–Kier alpha value is -1.84. The van der Waals surface area contributed by atoms with Crippen molar-refractivity contribution in [3.63, 3.8) is 0 Å². The molecule has 0 spiro atoms. The Labute approximate surface area is 114 Å². The summed E-state index contributed by atoms with van der Waals surface area (Å²) in [4.78, 5) is 25.5. The van der Waals surface area contributed by atoms with Gasteiger partial charge in [0, 0.05) is 12.1 Å². The van der Waals surface area contributed by atoms with Gasteiger partial charge in [-0.1, -0.05) is 18.2 Å². The summed E-state index contributed by atoms with van der Waals surface area (Å²) in [6.45, 7) is 7.34. The molecule has 0 N–H and O–H groups in total. The molecule has 0 aliphatic carbocycles. The van der Waals surface area contributed by atoms with E-state index in [9.17, 15) is 9.59 Å². The largest absolute Gasteiger partial charge is 0.485 e. The summed E-state index contributed by atoms with van der Waals surface area (Å²) in [5, 5.41) is 0. The molecule has 0 unspecified atom stereocenters. The van der Waals surface area contributed by atoms with Crippen molar-refractivity contribution in [2.24, 2.45) is 0 Å². The Morgan fingerprint density at radius 1 is 1.05 bits per heavy atom. The molecule has 0 aliphatic heterocycles. The molecule has 0 heterocycles. The third kappa shape index (κ3) is 4.39. The molecular formula is C15H21NO3. The van der Waals surface area contributed by atoms with Crippen molar-refractivity contribution in [2.45, 2.75) is 39.8 Å². The number of hydrogen-bond acceptors (Lipinski definition) is 3. The zero-order valence-corrected chi connectivity index (χ0v) is 11.9. The van der Waals surface area contributed by atoms with E-state index in [1.807, 2.05) is 45.9 Å². The Morgan fingerprint density at radius 3 is 2.05 bits per heavy atom. The van der Waals surface area contributed by atoms with Crippen LogP contribution in [0, 0.1) is 0 Å². The number of benzene rings is 1. The summed E-state index contributed by atoms with van der Waals surface area (Å²) in [5.41, 5.74) is 0. The second kappa shape index (κ2) is 6.92. The molecule has 0 atom stereocenters. The Bertz CT molecular complexity index is 418. The van der Waals surface area contributed by atoms with Gasteiger partial charge < -0.3 is 9.64 Å². The van der Waals surface area contributed by atoms with Crippen LogP contribution in [0.25, 0.3) is 0 Å². The quantitative estimate of drug-likeness (QED) is 0.740. The molecule has 0 radical (unpaired) electrons. The first-order valence-corrected chi connectivity index (χ1v) is 6.46. The van der Waals surface area contributed by atoms with Crippen LogP contribution < -0.4 is 4.74 Å². The number of nitrogens with zero attached hydrogens (tertiary/aromatic N) is 1. The average Bonchev–Trinajstić information content (AvgIpc) is 2.36. The molecular weight excluding hydrogens is 242 g/mol. The van der Waals surface area contributed by atoms with Crippen molar-refractivity contribution >= 4 is 11.7 Å². The predicted molar refractivity (Wildman–Crippen MR) is 74.1 cm³/mol. The molecule has 4 heteroatoms. The van der Waals surface area contributed by atoms with Gasteiger partial charge in [-0.25, -0.2) is 0 Å². The molecule has 104 valence electrons. The number of ether oxygens (including phenoxy) is 1. The number of hydrogen-bond donors (Lipinski definition) is 0. The van der Waals surface area contributed by atoms with Gasteiger partial charge >= 0.3 is 0 Å². The molecule has 0 aromatic heterocycles. The SMILES string of the molecule is CC(C)N(C(=O)C(=O)COc1ccccc1)C(C)C. The molecule has 0 aliphatic rings. The maximum absolute atomic E-state index is 12.0. The van der Waals surface area contributed by atoms with Crippen LogP contribution in [0.3, 0.4) is 0 Å². The van der Waals surface area contributed by atoms with Crippen LogP contribution >= 0.6 is 0 Å². The molecule has 19 heavy (non-hydrogen) atoms. The molecule has 1 rings (SSSR count). The summed E-state index contributed by atoms with van der Waals surface area (Å²) < 4.78 is 5.30. The second-order valence-corrected chi connectivity index (χ2v) is 4.92. The van der Waals surface area contributed by atoms with Crippen LogP contribution in [0.15, 0.2) is 30.3 Å². The smallest absolute Gasteiger partial charge is 0.294 e. The third-order valence-electron chi connectivity index (χ3n) is 2.70. The highest BCUT2D eigenvalue weighted by molar-refractivity contribution is 6.36. The van der Waals surface area contributed by atoms with Crippen LogP contribution in [0.1, 0.15) is 27.7 Å². The maximum atomic E-state index is 12.0. The van der Waals surface area contributed by atoms with Gasteiger partial charge in [0.25, 0.3) is 11.7 Å².